The van der Waals surface area contributed by atoms with Crippen molar-refractivity contribution < 1.29 is 9.47 Å². The van der Waals surface area contributed by atoms with E-state index >= 15 is 0 Å². The molecule has 1 saturated heterocycles. The van der Waals surface area contributed by atoms with Gasteiger partial charge in [0.1, 0.15) is 6.10 Å². The van der Waals surface area contributed by atoms with Crippen molar-refractivity contribution in [2.75, 3.05) is 31.7 Å². The molecule has 1 aliphatic rings. The molecule has 82 valence electrons. The van der Waals surface area contributed by atoms with Crippen molar-refractivity contribution in [3.63, 3.8) is 0 Å². The summed E-state index contributed by atoms with van der Waals surface area (Å²) in [7, 11) is 0. The quantitative estimate of drug-likeness (QED) is 0.747. The van der Waals surface area contributed by atoms with Crippen LogP contribution in [0, 0.1) is 6.92 Å². The highest BCUT2D eigenvalue weighted by Gasteiger charge is 2.17. The Morgan fingerprint density at radius 2 is 2.33 bits per heavy atom. The average Bonchev–Trinajstić information content (AvgIpc) is 2.15. The molecule has 1 aliphatic heterocycles. The third-order valence-electron chi connectivity index (χ3n) is 2.41. The molecule has 1 fully saturated rings. The Hall–Kier alpha value is -1.06. The third kappa shape index (κ3) is 3.22. The molecule has 1 aromatic rings. The molecule has 2 rings (SSSR count). The van der Waals surface area contributed by atoms with Gasteiger partial charge in [0.05, 0.1) is 19.8 Å². The van der Waals surface area contributed by atoms with E-state index in [0.29, 0.717) is 6.10 Å². The van der Waals surface area contributed by atoms with Gasteiger partial charge in [-0.2, -0.15) is 0 Å². The second kappa shape index (κ2) is 5.14. The van der Waals surface area contributed by atoms with Gasteiger partial charge >= 0.3 is 0 Å². The molecule has 0 atom stereocenters. The second-order valence-corrected chi connectivity index (χ2v) is 3.83. The molecule has 1 N–H and O–H groups in total. The highest BCUT2D eigenvalue weighted by atomic mass is 16.6. The fourth-order valence-corrected chi connectivity index (χ4v) is 1.49. The lowest BCUT2D eigenvalue weighted by molar-refractivity contribution is -0.127. The molecule has 1 heterocycles. The van der Waals surface area contributed by atoms with E-state index in [1.165, 1.54) is 5.56 Å². The van der Waals surface area contributed by atoms with E-state index in [2.05, 4.69) is 36.5 Å². The van der Waals surface area contributed by atoms with Crippen molar-refractivity contribution in [1.29, 1.82) is 0 Å². The topological polar surface area (TPSA) is 30.5 Å². The molecule has 15 heavy (non-hydrogen) atoms. The zero-order chi connectivity index (χ0) is 10.5. The standard InChI is InChI=1S/C12H17NO2/c1-10-3-2-4-11(7-10)13-5-6-15-12-8-14-9-12/h2-4,7,12-13H,5-6,8-9H2,1H3. The zero-order valence-electron chi connectivity index (χ0n) is 9.03. The molecule has 0 spiro atoms. The van der Waals surface area contributed by atoms with Gasteiger partial charge in [0.2, 0.25) is 0 Å². The van der Waals surface area contributed by atoms with Crippen LogP contribution >= 0.6 is 0 Å². The highest BCUT2D eigenvalue weighted by Crippen LogP contribution is 2.09. The number of benzene rings is 1. The Balaban J connectivity index is 1.64. The molecule has 3 heteroatoms. The summed E-state index contributed by atoms with van der Waals surface area (Å²) in [6.07, 6.45) is 0.323. The zero-order valence-corrected chi connectivity index (χ0v) is 9.03. The van der Waals surface area contributed by atoms with E-state index < -0.39 is 0 Å². The second-order valence-electron chi connectivity index (χ2n) is 3.83. The first kappa shape index (κ1) is 10.5. The van der Waals surface area contributed by atoms with Gasteiger partial charge < -0.3 is 14.8 Å². The van der Waals surface area contributed by atoms with Crippen molar-refractivity contribution in [3.05, 3.63) is 29.8 Å². The van der Waals surface area contributed by atoms with Gasteiger partial charge in [-0.15, -0.1) is 0 Å². The maximum atomic E-state index is 5.54. The van der Waals surface area contributed by atoms with E-state index in [1.807, 2.05) is 0 Å². The highest BCUT2D eigenvalue weighted by molar-refractivity contribution is 5.45. The van der Waals surface area contributed by atoms with Crippen molar-refractivity contribution in [3.8, 4) is 0 Å². The van der Waals surface area contributed by atoms with Crippen molar-refractivity contribution >= 4 is 5.69 Å². The van der Waals surface area contributed by atoms with Crippen LogP contribution in [0.3, 0.4) is 0 Å². The number of nitrogens with one attached hydrogen (secondary N) is 1. The predicted molar refractivity (Wildman–Crippen MR) is 60.2 cm³/mol. The minimum atomic E-state index is 0.323. The number of anilines is 1. The normalized spacial score (nSPS) is 16.1. The Kier molecular flexibility index (Phi) is 3.59. The van der Waals surface area contributed by atoms with E-state index in [0.717, 1.165) is 32.1 Å². The van der Waals surface area contributed by atoms with E-state index in [-0.39, 0.29) is 0 Å². The lowest BCUT2D eigenvalue weighted by Crippen LogP contribution is -2.37. The van der Waals surface area contributed by atoms with Crippen molar-refractivity contribution in [2.45, 2.75) is 13.0 Å². The van der Waals surface area contributed by atoms with E-state index in [1.54, 1.807) is 0 Å². The summed E-state index contributed by atoms with van der Waals surface area (Å²) in [6.45, 7) is 5.18. The lowest BCUT2D eigenvalue weighted by atomic mass is 10.2. The lowest BCUT2D eigenvalue weighted by Gasteiger charge is -2.26. The fourth-order valence-electron chi connectivity index (χ4n) is 1.49. The van der Waals surface area contributed by atoms with E-state index in [4.69, 9.17) is 9.47 Å². The predicted octanol–water partition coefficient (Wildman–Crippen LogP) is 1.82. The number of aryl methyl sites for hydroxylation is 1. The molecule has 0 bridgehead atoms. The van der Waals surface area contributed by atoms with Crippen LogP contribution in [0.4, 0.5) is 5.69 Å². The average molecular weight is 207 g/mol. The van der Waals surface area contributed by atoms with Gasteiger partial charge in [0.15, 0.2) is 0 Å². The Labute approximate surface area is 90.4 Å². The van der Waals surface area contributed by atoms with Crippen LogP contribution in [-0.4, -0.2) is 32.5 Å². The summed E-state index contributed by atoms with van der Waals surface area (Å²) in [5.74, 6) is 0. The van der Waals surface area contributed by atoms with Gasteiger partial charge in [-0.25, -0.2) is 0 Å². The van der Waals surface area contributed by atoms with Crippen LogP contribution in [0.1, 0.15) is 5.56 Å². The molecule has 3 nitrogen and oxygen atoms in total. The molecule has 0 amide bonds. The third-order valence-corrected chi connectivity index (χ3v) is 2.41. The SMILES string of the molecule is Cc1cccc(NCCOC2COC2)c1. The van der Waals surface area contributed by atoms with Gasteiger partial charge in [0.25, 0.3) is 0 Å². The Morgan fingerprint density at radius 3 is 3.00 bits per heavy atom. The van der Waals surface area contributed by atoms with E-state index in [9.17, 15) is 0 Å². The molecule has 1 aromatic carbocycles. The first-order chi connectivity index (χ1) is 7.34. The van der Waals surface area contributed by atoms with Crippen LogP contribution in [-0.2, 0) is 9.47 Å². The monoisotopic (exact) mass is 207 g/mol. The minimum Gasteiger partial charge on any atom is -0.383 e. The summed E-state index contributed by atoms with van der Waals surface area (Å²) < 4.78 is 10.6. The number of hydrogen-bond acceptors (Lipinski definition) is 3. The largest absolute Gasteiger partial charge is 0.383 e. The molecular weight excluding hydrogens is 190 g/mol. The molecule has 0 aliphatic carbocycles. The first-order valence-electron chi connectivity index (χ1n) is 5.34. The van der Waals surface area contributed by atoms with Gasteiger partial charge in [-0.3, -0.25) is 0 Å². The van der Waals surface area contributed by atoms with Crippen LogP contribution in [0.2, 0.25) is 0 Å². The van der Waals surface area contributed by atoms with Crippen LogP contribution < -0.4 is 5.32 Å². The summed E-state index contributed by atoms with van der Waals surface area (Å²) in [5, 5.41) is 3.32. The summed E-state index contributed by atoms with van der Waals surface area (Å²) in [4.78, 5) is 0. The first-order valence-corrected chi connectivity index (χ1v) is 5.34. The fraction of sp³-hybridized carbons (Fsp3) is 0.500. The summed E-state index contributed by atoms with van der Waals surface area (Å²) in [5.41, 5.74) is 2.43. The molecule has 0 aromatic heterocycles. The van der Waals surface area contributed by atoms with Crippen LogP contribution in [0.5, 0.6) is 0 Å². The Bertz CT molecular complexity index is 310. The maximum Gasteiger partial charge on any atom is 0.104 e. The van der Waals surface area contributed by atoms with Crippen molar-refractivity contribution in [1.82, 2.24) is 0 Å². The van der Waals surface area contributed by atoms with Gasteiger partial charge in [-0.1, -0.05) is 12.1 Å². The maximum absolute atomic E-state index is 5.54. The van der Waals surface area contributed by atoms with Crippen LogP contribution in [0.25, 0.3) is 0 Å². The number of rotatable bonds is 5. The molecule has 0 saturated carbocycles. The van der Waals surface area contributed by atoms with Gasteiger partial charge in [-0.05, 0) is 24.6 Å². The van der Waals surface area contributed by atoms with Crippen LogP contribution in [0.15, 0.2) is 24.3 Å². The number of hydrogen-bond donors (Lipinski definition) is 1. The molecular formula is C12H17NO2. The Morgan fingerprint density at radius 1 is 1.47 bits per heavy atom. The molecule has 0 unspecified atom stereocenters. The number of ether oxygens (including phenoxy) is 2. The smallest absolute Gasteiger partial charge is 0.104 e. The summed E-state index contributed by atoms with van der Waals surface area (Å²) in [6, 6.07) is 8.34. The molecule has 0 radical (unpaired) electrons. The van der Waals surface area contributed by atoms with Gasteiger partial charge in [0, 0.05) is 12.2 Å². The minimum absolute atomic E-state index is 0.323. The summed E-state index contributed by atoms with van der Waals surface area (Å²) >= 11 is 0. The van der Waals surface area contributed by atoms with Crippen molar-refractivity contribution in [2.24, 2.45) is 0 Å².